The lowest BCUT2D eigenvalue weighted by Gasteiger charge is -2.32. The highest BCUT2D eigenvalue weighted by atomic mass is 35.5. The second-order valence-corrected chi connectivity index (χ2v) is 11.6. The van der Waals surface area contributed by atoms with Crippen molar-refractivity contribution in [3.8, 4) is 0 Å². The Bertz CT molecular complexity index is 1190. The number of carbonyl (C=O) groups is 2. The maximum Gasteiger partial charge on any atom is 0.244 e. The minimum Gasteiger partial charge on any atom is -0.354 e. The normalized spacial score (nSPS) is 12.4. The summed E-state index contributed by atoms with van der Waals surface area (Å²) in [5, 5.41) is 3.17. The number of benzene rings is 2. The molecule has 2 amide bonds. The average molecular weight is 567 g/mol. The van der Waals surface area contributed by atoms with Gasteiger partial charge in [0.2, 0.25) is 21.8 Å². The lowest BCUT2D eigenvalue weighted by Crippen LogP contribution is -2.51. The molecule has 0 aliphatic rings. The quantitative estimate of drug-likeness (QED) is 0.450. The lowest BCUT2D eigenvalue weighted by atomic mass is 10.1. The highest BCUT2D eigenvalue weighted by Crippen LogP contribution is 2.26. The number of amides is 2. The largest absolute Gasteiger partial charge is 0.354 e. The molecule has 2 aromatic carbocycles. The highest BCUT2D eigenvalue weighted by molar-refractivity contribution is 7.92. The van der Waals surface area contributed by atoms with Gasteiger partial charge in [-0.2, -0.15) is 0 Å². The van der Waals surface area contributed by atoms with Crippen molar-refractivity contribution in [1.82, 2.24) is 10.2 Å². The summed E-state index contributed by atoms with van der Waals surface area (Å²) in [4.78, 5) is 27.5. The molecule has 0 bridgehead atoms. The zero-order valence-corrected chi connectivity index (χ0v) is 22.8. The molecule has 0 heterocycles. The molecule has 0 aliphatic heterocycles. The molecular weight excluding hydrogens is 540 g/mol. The van der Waals surface area contributed by atoms with Gasteiger partial charge in [-0.25, -0.2) is 12.8 Å². The fraction of sp³-hybridized carbons (Fsp3) is 0.391. The van der Waals surface area contributed by atoms with Gasteiger partial charge in [0.25, 0.3) is 0 Å². The predicted molar refractivity (Wildman–Crippen MR) is 138 cm³/mol. The monoisotopic (exact) mass is 565 g/mol. The van der Waals surface area contributed by atoms with Gasteiger partial charge in [0.1, 0.15) is 18.4 Å². The van der Waals surface area contributed by atoms with Crippen LogP contribution in [0.1, 0.15) is 26.3 Å². The van der Waals surface area contributed by atoms with E-state index in [1.807, 2.05) is 13.8 Å². The van der Waals surface area contributed by atoms with Crippen LogP contribution in [-0.2, 0) is 26.2 Å². The van der Waals surface area contributed by atoms with E-state index in [0.29, 0.717) is 17.1 Å². The van der Waals surface area contributed by atoms with Crippen molar-refractivity contribution in [2.45, 2.75) is 33.4 Å². The molecule has 1 N–H and O–H groups in total. The predicted octanol–water partition coefficient (Wildman–Crippen LogP) is 4.74. The zero-order valence-electron chi connectivity index (χ0n) is 19.7. The molecule has 0 aromatic heterocycles. The average Bonchev–Trinajstić information content (AvgIpc) is 2.75. The molecule has 0 radical (unpaired) electrons. The van der Waals surface area contributed by atoms with Gasteiger partial charge in [-0.1, -0.05) is 54.7 Å². The minimum atomic E-state index is -3.97. The third-order valence-electron chi connectivity index (χ3n) is 5.08. The number of nitrogens with zero attached hydrogens (tertiary/aromatic N) is 2. The van der Waals surface area contributed by atoms with E-state index in [4.69, 9.17) is 34.8 Å². The molecule has 0 unspecified atom stereocenters. The Morgan fingerprint density at radius 3 is 2.23 bits per heavy atom. The van der Waals surface area contributed by atoms with Crippen molar-refractivity contribution >= 4 is 62.3 Å². The van der Waals surface area contributed by atoms with Crippen LogP contribution in [0.2, 0.25) is 15.1 Å². The Morgan fingerprint density at radius 1 is 1.03 bits per heavy atom. The molecule has 0 saturated heterocycles. The van der Waals surface area contributed by atoms with Gasteiger partial charge in [0.15, 0.2) is 0 Å². The molecule has 0 spiro atoms. The van der Waals surface area contributed by atoms with Crippen molar-refractivity contribution in [3.05, 3.63) is 62.8 Å². The fourth-order valence-corrected chi connectivity index (χ4v) is 4.61. The van der Waals surface area contributed by atoms with Crippen LogP contribution in [0, 0.1) is 11.7 Å². The second-order valence-electron chi connectivity index (χ2n) is 8.44. The first kappa shape index (κ1) is 29.2. The summed E-state index contributed by atoms with van der Waals surface area (Å²) in [5.74, 6) is -1.63. The van der Waals surface area contributed by atoms with E-state index in [1.54, 1.807) is 12.1 Å². The van der Waals surface area contributed by atoms with Crippen molar-refractivity contribution in [2.75, 3.05) is 23.7 Å². The van der Waals surface area contributed by atoms with Crippen LogP contribution in [0.4, 0.5) is 10.1 Å². The van der Waals surface area contributed by atoms with Crippen LogP contribution >= 0.6 is 34.8 Å². The topological polar surface area (TPSA) is 86.8 Å². The SMILES string of the molecule is CC(C)CNC(=O)[C@H](C)N(Cc1ccc(Cl)cc1Cl)C(=O)CN(c1ccc(F)c(Cl)c1)S(C)(=O)=O. The zero-order chi connectivity index (χ0) is 26.5. The van der Waals surface area contributed by atoms with Crippen molar-refractivity contribution in [1.29, 1.82) is 0 Å². The molecule has 192 valence electrons. The fourth-order valence-electron chi connectivity index (χ4n) is 3.12. The van der Waals surface area contributed by atoms with Gasteiger partial charge in [-0.15, -0.1) is 0 Å². The van der Waals surface area contributed by atoms with Crippen LogP contribution < -0.4 is 9.62 Å². The van der Waals surface area contributed by atoms with E-state index in [-0.39, 0.29) is 28.2 Å². The molecule has 7 nitrogen and oxygen atoms in total. The van der Waals surface area contributed by atoms with Gasteiger partial charge < -0.3 is 10.2 Å². The number of rotatable bonds is 10. The van der Waals surface area contributed by atoms with Crippen LogP contribution in [0.25, 0.3) is 0 Å². The van der Waals surface area contributed by atoms with E-state index in [9.17, 15) is 22.4 Å². The maximum absolute atomic E-state index is 13.6. The summed E-state index contributed by atoms with van der Waals surface area (Å²) in [6, 6.07) is 7.10. The van der Waals surface area contributed by atoms with Crippen molar-refractivity contribution < 1.29 is 22.4 Å². The number of anilines is 1. The first-order valence-corrected chi connectivity index (χ1v) is 13.6. The van der Waals surface area contributed by atoms with E-state index in [0.717, 1.165) is 22.7 Å². The first-order chi connectivity index (χ1) is 16.2. The minimum absolute atomic E-state index is 0.00800. The summed E-state index contributed by atoms with van der Waals surface area (Å²) >= 11 is 18.1. The third kappa shape index (κ3) is 8.24. The van der Waals surface area contributed by atoms with Crippen LogP contribution in [0.5, 0.6) is 0 Å². The van der Waals surface area contributed by atoms with Gasteiger partial charge in [0, 0.05) is 23.1 Å². The number of carbonyl (C=O) groups excluding carboxylic acids is 2. The maximum atomic E-state index is 13.6. The molecule has 0 aliphatic carbocycles. The van der Waals surface area contributed by atoms with Gasteiger partial charge >= 0.3 is 0 Å². The molecule has 2 rings (SSSR count). The summed E-state index contributed by atoms with van der Waals surface area (Å²) in [6.45, 7) is 5.08. The van der Waals surface area contributed by atoms with Crippen LogP contribution in [0.3, 0.4) is 0 Å². The molecule has 12 heteroatoms. The number of hydrogen-bond acceptors (Lipinski definition) is 4. The van der Waals surface area contributed by atoms with E-state index >= 15 is 0 Å². The van der Waals surface area contributed by atoms with E-state index < -0.39 is 40.2 Å². The number of hydrogen-bond donors (Lipinski definition) is 1. The Morgan fingerprint density at radius 2 is 1.69 bits per heavy atom. The number of nitrogens with one attached hydrogen (secondary N) is 1. The van der Waals surface area contributed by atoms with Gasteiger partial charge in [-0.05, 0) is 48.7 Å². The summed E-state index contributed by atoms with van der Waals surface area (Å²) < 4.78 is 39.5. The lowest BCUT2D eigenvalue weighted by molar-refractivity contribution is -0.139. The van der Waals surface area contributed by atoms with Crippen molar-refractivity contribution in [3.63, 3.8) is 0 Å². The van der Waals surface area contributed by atoms with Gasteiger partial charge in [0.05, 0.1) is 17.0 Å². The Hall–Kier alpha value is -2.07. The Balaban J connectivity index is 2.42. The summed E-state index contributed by atoms with van der Waals surface area (Å²) in [5.41, 5.74) is 0.525. The Labute approximate surface area is 220 Å². The molecule has 1 atom stereocenters. The van der Waals surface area contributed by atoms with E-state index in [1.165, 1.54) is 24.0 Å². The number of sulfonamides is 1. The summed E-state index contributed by atoms with van der Waals surface area (Å²) in [7, 11) is -3.97. The molecule has 0 fully saturated rings. The standard InChI is InChI=1S/C23H27Cl3FN3O4S/c1-14(2)11-28-23(32)15(3)29(12-16-5-6-17(24)9-19(16)25)22(31)13-30(35(4,33)34)18-7-8-21(27)20(26)10-18/h5-10,14-15H,11-13H2,1-4H3,(H,28,32)/t15-/m0/s1. The summed E-state index contributed by atoms with van der Waals surface area (Å²) in [6.07, 6.45) is 0.913. The molecule has 35 heavy (non-hydrogen) atoms. The molecule has 2 aromatic rings. The first-order valence-electron chi connectivity index (χ1n) is 10.6. The molecular formula is C23H27Cl3FN3O4S. The van der Waals surface area contributed by atoms with Crippen molar-refractivity contribution in [2.24, 2.45) is 5.92 Å². The molecule has 0 saturated carbocycles. The van der Waals surface area contributed by atoms with Crippen LogP contribution in [0.15, 0.2) is 36.4 Å². The smallest absolute Gasteiger partial charge is 0.244 e. The van der Waals surface area contributed by atoms with E-state index in [2.05, 4.69) is 5.32 Å². The van der Waals surface area contributed by atoms with Crippen LogP contribution in [-0.4, -0.2) is 50.5 Å². The highest BCUT2D eigenvalue weighted by Gasteiger charge is 2.30. The number of halogens is 4. The third-order valence-corrected chi connectivity index (χ3v) is 7.10. The second kappa shape index (κ2) is 12.3. The Kier molecular flexibility index (Phi) is 10.2. The van der Waals surface area contributed by atoms with Gasteiger partial charge in [-0.3, -0.25) is 13.9 Å².